The number of likely N-dealkylation sites (N-methyl/N-ethyl adjacent to an activating group) is 1. The Hall–Kier alpha value is -2.86. The summed E-state index contributed by atoms with van der Waals surface area (Å²) in [6, 6.07) is 16.6. The second-order valence-electron chi connectivity index (χ2n) is 9.17. The summed E-state index contributed by atoms with van der Waals surface area (Å²) < 4.78 is 5.30. The minimum atomic E-state index is -0.702. The standard InChI is InChI=1S/C26H31N3O3/c1-3-29-25(31)28(18-19-7-6-10-23(15-19)32-2)24(30)26(29)11-13-27(14-12-26)22-16-20-8-4-5-9-21(20)17-22/h4-10,15,22H,3,11-14,16-18H2,1-2H3. The van der Waals surface area contributed by atoms with Gasteiger partial charge in [0.1, 0.15) is 11.3 Å². The molecule has 2 aliphatic heterocycles. The van der Waals surface area contributed by atoms with Crippen molar-refractivity contribution in [3.8, 4) is 5.75 Å². The third-order valence-electron chi connectivity index (χ3n) is 7.58. The molecule has 2 aromatic carbocycles. The third kappa shape index (κ3) is 3.37. The quantitative estimate of drug-likeness (QED) is 0.678. The van der Waals surface area contributed by atoms with Gasteiger partial charge in [-0.25, -0.2) is 4.79 Å². The average Bonchev–Trinajstić information content (AvgIpc) is 3.34. The first kappa shape index (κ1) is 21.0. The predicted octanol–water partition coefficient (Wildman–Crippen LogP) is 3.48. The van der Waals surface area contributed by atoms with Crippen molar-refractivity contribution in [2.75, 3.05) is 26.7 Å². The summed E-state index contributed by atoms with van der Waals surface area (Å²) in [7, 11) is 1.62. The smallest absolute Gasteiger partial charge is 0.327 e. The lowest BCUT2D eigenvalue weighted by Crippen LogP contribution is -2.58. The van der Waals surface area contributed by atoms with Crippen molar-refractivity contribution in [3.63, 3.8) is 0 Å². The number of hydrogen-bond acceptors (Lipinski definition) is 4. The third-order valence-corrected chi connectivity index (χ3v) is 7.58. The van der Waals surface area contributed by atoms with Gasteiger partial charge in [0.15, 0.2) is 0 Å². The Morgan fingerprint density at radius 3 is 2.31 bits per heavy atom. The van der Waals surface area contributed by atoms with Crippen molar-refractivity contribution in [3.05, 3.63) is 65.2 Å². The fraction of sp³-hybridized carbons (Fsp3) is 0.462. The van der Waals surface area contributed by atoms with E-state index < -0.39 is 5.54 Å². The molecule has 5 rings (SSSR count). The minimum absolute atomic E-state index is 0.0403. The van der Waals surface area contributed by atoms with Crippen LogP contribution in [-0.4, -0.2) is 65.0 Å². The number of benzene rings is 2. The molecule has 0 bridgehead atoms. The lowest BCUT2D eigenvalue weighted by Gasteiger charge is -2.43. The number of amides is 3. The molecule has 2 aromatic rings. The summed E-state index contributed by atoms with van der Waals surface area (Å²) in [4.78, 5) is 32.7. The number of nitrogens with zero attached hydrogens (tertiary/aromatic N) is 3. The van der Waals surface area contributed by atoms with Crippen LogP contribution in [0.4, 0.5) is 4.79 Å². The fourth-order valence-corrected chi connectivity index (χ4v) is 5.85. The molecule has 6 nitrogen and oxygen atoms in total. The largest absolute Gasteiger partial charge is 0.497 e. The summed E-state index contributed by atoms with van der Waals surface area (Å²) in [5, 5.41) is 0. The topological polar surface area (TPSA) is 53.1 Å². The first-order valence-corrected chi connectivity index (χ1v) is 11.6. The molecule has 1 spiro atoms. The molecule has 32 heavy (non-hydrogen) atoms. The van der Waals surface area contributed by atoms with Crippen LogP contribution in [0.25, 0.3) is 0 Å². The van der Waals surface area contributed by atoms with Gasteiger partial charge in [-0.2, -0.15) is 0 Å². The Morgan fingerprint density at radius 1 is 1.00 bits per heavy atom. The number of carbonyl (C=O) groups excluding carboxylic acids is 2. The zero-order valence-electron chi connectivity index (χ0n) is 18.9. The van der Waals surface area contributed by atoms with Gasteiger partial charge in [0.05, 0.1) is 13.7 Å². The minimum Gasteiger partial charge on any atom is -0.497 e. The summed E-state index contributed by atoms with van der Waals surface area (Å²) in [6.07, 6.45) is 3.56. The SMILES string of the molecule is CCN1C(=O)N(Cc2cccc(OC)c2)C(=O)C12CCN(C1Cc3ccccc3C1)CC2. The van der Waals surface area contributed by atoms with Gasteiger partial charge < -0.3 is 9.64 Å². The van der Waals surface area contributed by atoms with Gasteiger partial charge in [-0.1, -0.05) is 36.4 Å². The van der Waals surface area contributed by atoms with Crippen LogP contribution in [0.1, 0.15) is 36.5 Å². The molecule has 2 heterocycles. The molecule has 0 N–H and O–H groups in total. The van der Waals surface area contributed by atoms with E-state index in [2.05, 4.69) is 29.2 Å². The summed E-state index contributed by atoms with van der Waals surface area (Å²) in [5.41, 5.74) is 3.10. The van der Waals surface area contributed by atoms with Gasteiger partial charge in [-0.3, -0.25) is 14.6 Å². The van der Waals surface area contributed by atoms with Gasteiger partial charge in [0, 0.05) is 25.7 Å². The number of fused-ring (bicyclic) bond motifs is 1. The maximum absolute atomic E-state index is 13.6. The molecule has 0 aromatic heterocycles. The number of hydrogen-bond donors (Lipinski definition) is 0. The number of carbonyl (C=O) groups is 2. The van der Waals surface area contributed by atoms with E-state index in [0.717, 1.165) is 37.2 Å². The van der Waals surface area contributed by atoms with E-state index in [1.54, 1.807) is 7.11 Å². The molecule has 0 unspecified atom stereocenters. The van der Waals surface area contributed by atoms with Gasteiger partial charge in [-0.05, 0) is 61.4 Å². The Labute approximate surface area is 189 Å². The van der Waals surface area contributed by atoms with Crippen LogP contribution in [0.15, 0.2) is 48.5 Å². The molecule has 1 aliphatic carbocycles. The van der Waals surface area contributed by atoms with Crippen LogP contribution in [0.3, 0.4) is 0 Å². The number of ether oxygens (including phenoxy) is 1. The van der Waals surface area contributed by atoms with Crippen molar-refractivity contribution in [1.29, 1.82) is 0 Å². The van der Waals surface area contributed by atoms with Gasteiger partial charge in [-0.15, -0.1) is 0 Å². The highest BCUT2D eigenvalue weighted by molar-refractivity contribution is 6.07. The van der Waals surface area contributed by atoms with Crippen LogP contribution in [0, 0.1) is 0 Å². The van der Waals surface area contributed by atoms with Gasteiger partial charge >= 0.3 is 6.03 Å². The highest BCUT2D eigenvalue weighted by Gasteiger charge is 2.57. The Bertz CT molecular complexity index is 1000. The summed E-state index contributed by atoms with van der Waals surface area (Å²) in [5.74, 6) is 0.691. The first-order valence-electron chi connectivity index (χ1n) is 11.6. The second kappa shape index (κ2) is 8.24. The van der Waals surface area contributed by atoms with Crippen molar-refractivity contribution in [2.24, 2.45) is 0 Å². The van der Waals surface area contributed by atoms with Crippen LogP contribution < -0.4 is 4.74 Å². The van der Waals surface area contributed by atoms with E-state index in [-0.39, 0.29) is 18.5 Å². The molecule has 168 valence electrons. The van der Waals surface area contributed by atoms with Crippen molar-refractivity contribution in [1.82, 2.24) is 14.7 Å². The fourth-order valence-electron chi connectivity index (χ4n) is 5.85. The van der Waals surface area contributed by atoms with Crippen LogP contribution in [-0.2, 0) is 24.2 Å². The van der Waals surface area contributed by atoms with E-state index in [0.29, 0.717) is 25.4 Å². The number of methoxy groups -OCH3 is 1. The molecule has 0 atom stereocenters. The molecule has 2 fully saturated rings. The van der Waals surface area contributed by atoms with Crippen molar-refractivity contribution in [2.45, 2.75) is 50.7 Å². The molecule has 2 saturated heterocycles. The maximum atomic E-state index is 13.6. The molecule has 0 radical (unpaired) electrons. The molecule has 6 heteroatoms. The number of imide groups is 1. The zero-order valence-corrected chi connectivity index (χ0v) is 18.9. The van der Waals surface area contributed by atoms with E-state index >= 15 is 0 Å². The Morgan fingerprint density at radius 2 is 1.69 bits per heavy atom. The molecule has 0 saturated carbocycles. The molecule has 3 aliphatic rings. The monoisotopic (exact) mass is 433 g/mol. The van der Waals surface area contributed by atoms with E-state index in [1.807, 2.05) is 36.1 Å². The number of urea groups is 1. The maximum Gasteiger partial charge on any atom is 0.327 e. The summed E-state index contributed by atoms with van der Waals surface area (Å²) >= 11 is 0. The number of rotatable bonds is 5. The van der Waals surface area contributed by atoms with E-state index in [9.17, 15) is 9.59 Å². The lowest BCUT2D eigenvalue weighted by molar-refractivity contribution is -0.136. The van der Waals surface area contributed by atoms with Crippen LogP contribution in [0.2, 0.25) is 0 Å². The number of piperidine rings is 1. The van der Waals surface area contributed by atoms with Crippen molar-refractivity contribution >= 4 is 11.9 Å². The number of likely N-dealkylation sites (tertiary alicyclic amines) is 1. The normalized spacial score (nSPS) is 20.9. The Balaban J connectivity index is 1.31. The molecular formula is C26H31N3O3. The zero-order chi connectivity index (χ0) is 22.3. The highest BCUT2D eigenvalue weighted by Crippen LogP contribution is 2.39. The van der Waals surface area contributed by atoms with Gasteiger partial charge in [0.2, 0.25) is 0 Å². The highest BCUT2D eigenvalue weighted by atomic mass is 16.5. The van der Waals surface area contributed by atoms with E-state index in [4.69, 9.17) is 4.74 Å². The molecule has 3 amide bonds. The predicted molar refractivity (Wildman–Crippen MR) is 122 cm³/mol. The van der Waals surface area contributed by atoms with E-state index in [1.165, 1.54) is 16.0 Å². The first-order chi connectivity index (χ1) is 15.6. The average molecular weight is 434 g/mol. The van der Waals surface area contributed by atoms with Gasteiger partial charge in [0.25, 0.3) is 5.91 Å². The summed E-state index contributed by atoms with van der Waals surface area (Å²) in [6.45, 7) is 4.51. The Kier molecular flexibility index (Phi) is 5.41. The van der Waals surface area contributed by atoms with Crippen LogP contribution in [0.5, 0.6) is 5.75 Å². The second-order valence-corrected chi connectivity index (χ2v) is 9.17. The molecular weight excluding hydrogens is 402 g/mol. The van der Waals surface area contributed by atoms with Crippen molar-refractivity contribution < 1.29 is 14.3 Å². The lowest BCUT2D eigenvalue weighted by atomic mass is 9.85. The van der Waals surface area contributed by atoms with Crippen LogP contribution >= 0.6 is 0 Å².